The Balaban J connectivity index is 1.65. The molecule has 0 aliphatic carbocycles. The molecular formula is C27H32N4O6. The largest absolute Gasteiger partial charge is 0.459 e. The number of rotatable bonds is 10. The maximum absolute atomic E-state index is 13.6. The number of amides is 1. The van der Waals surface area contributed by atoms with Crippen molar-refractivity contribution in [3.05, 3.63) is 88.0 Å². The highest BCUT2D eigenvalue weighted by Crippen LogP contribution is 2.33. The molecule has 10 nitrogen and oxygen atoms in total. The number of aliphatic hydroxyl groups is 1. The van der Waals surface area contributed by atoms with Crippen LogP contribution in [-0.2, 0) is 26.1 Å². The molecule has 4 rings (SSSR count). The molecule has 0 bridgehead atoms. The van der Waals surface area contributed by atoms with Crippen molar-refractivity contribution >= 4 is 17.3 Å². The van der Waals surface area contributed by atoms with Gasteiger partial charge in [0.2, 0.25) is 6.29 Å². The van der Waals surface area contributed by atoms with Crippen LogP contribution < -0.4 is 16.6 Å². The van der Waals surface area contributed by atoms with Crippen LogP contribution in [0.15, 0.2) is 71.2 Å². The summed E-state index contributed by atoms with van der Waals surface area (Å²) in [5.41, 5.74) is 8.76. The number of nitrogen functional groups attached to an aromatic ring is 1. The normalized spacial score (nSPS) is 17.2. The topological polar surface area (TPSA) is 130 Å². The van der Waals surface area contributed by atoms with Gasteiger partial charge in [-0.05, 0) is 37.3 Å². The van der Waals surface area contributed by atoms with Gasteiger partial charge < -0.3 is 30.4 Å². The van der Waals surface area contributed by atoms with Crippen molar-refractivity contribution in [1.29, 1.82) is 0 Å². The summed E-state index contributed by atoms with van der Waals surface area (Å²) in [5, 5.41) is 11.7. The fraction of sp³-hybridized carbons (Fsp3) is 0.333. The number of aromatic nitrogens is 2. The lowest BCUT2D eigenvalue weighted by Gasteiger charge is -2.29. The molecule has 2 aromatic carbocycles. The lowest BCUT2D eigenvalue weighted by atomic mass is 9.93. The number of nitrogens with two attached hydrogens (primary N) is 1. The average Bonchev–Trinajstić information content (AvgIpc) is 3.13. The average molecular weight is 509 g/mol. The summed E-state index contributed by atoms with van der Waals surface area (Å²) in [6, 6.07) is 16.3. The van der Waals surface area contributed by atoms with Crippen LogP contribution in [-0.4, -0.2) is 53.1 Å². The number of benzene rings is 2. The molecule has 0 spiro atoms. The van der Waals surface area contributed by atoms with Gasteiger partial charge in [-0.25, -0.2) is 4.68 Å². The van der Waals surface area contributed by atoms with Gasteiger partial charge in [0.05, 0.1) is 43.5 Å². The number of ether oxygens (including phenoxy) is 3. The minimum atomic E-state index is -0.786. The van der Waals surface area contributed by atoms with Crippen molar-refractivity contribution in [2.24, 2.45) is 7.05 Å². The van der Waals surface area contributed by atoms with E-state index >= 15 is 0 Å². The number of carbonyl (C=O) groups is 1. The molecule has 1 aliphatic rings. The molecule has 0 unspecified atom stereocenters. The van der Waals surface area contributed by atoms with Crippen molar-refractivity contribution in [2.45, 2.75) is 25.6 Å². The van der Waals surface area contributed by atoms with Crippen LogP contribution in [0, 0.1) is 6.92 Å². The summed E-state index contributed by atoms with van der Waals surface area (Å²) in [6.07, 6.45) is 1.21. The number of carbonyl (C=O) groups excluding carboxylic acids is 1. The highest BCUT2D eigenvalue weighted by Gasteiger charge is 2.33. The number of hydrogen-bond acceptors (Lipinski definition) is 7. The predicted octanol–water partition coefficient (Wildman–Crippen LogP) is 2.44. The second-order valence-corrected chi connectivity index (χ2v) is 8.64. The van der Waals surface area contributed by atoms with E-state index in [1.54, 1.807) is 39.7 Å². The third-order valence-corrected chi connectivity index (χ3v) is 6.23. The first-order valence-corrected chi connectivity index (χ1v) is 12.1. The third-order valence-electron chi connectivity index (χ3n) is 6.23. The van der Waals surface area contributed by atoms with Crippen LogP contribution in [0.3, 0.4) is 0 Å². The van der Waals surface area contributed by atoms with Gasteiger partial charge in [-0.3, -0.25) is 14.3 Å². The summed E-state index contributed by atoms with van der Waals surface area (Å²) in [7, 11) is 1.83. The first-order valence-electron chi connectivity index (χ1n) is 12.1. The molecule has 37 heavy (non-hydrogen) atoms. The number of nitrogens with zero attached hydrogens (tertiary/aromatic N) is 2. The lowest BCUT2D eigenvalue weighted by molar-refractivity contribution is -0.148. The Hall–Kier alpha value is -3.86. The van der Waals surface area contributed by atoms with Crippen LogP contribution in [0.25, 0.3) is 5.69 Å². The molecule has 1 aliphatic heterocycles. The maximum atomic E-state index is 13.6. The molecule has 0 saturated heterocycles. The fourth-order valence-corrected chi connectivity index (χ4v) is 4.34. The van der Waals surface area contributed by atoms with Crippen LogP contribution in [0.4, 0.5) is 11.4 Å². The number of nitrogens with one attached hydrogen (secondary N) is 1. The highest BCUT2D eigenvalue weighted by molar-refractivity contribution is 6.04. The zero-order chi connectivity index (χ0) is 26.4. The molecule has 1 amide bonds. The third kappa shape index (κ3) is 5.93. The van der Waals surface area contributed by atoms with Gasteiger partial charge in [0.25, 0.3) is 11.5 Å². The molecular weight excluding hydrogens is 476 g/mol. The van der Waals surface area contributed by atoms with Gasteiger partial charge in [-0.2, -0.15) is 0 Å². The van der Waals surface area contributed by atoms with E-state index < -0.39 is 18.1 Å². The zero-order valence-corrected chi connectivity index (χ0v) is 20.9. The van der Waals surface area contributed by atoms with E-state index in [2.05, 4.69) is 5.32 Å². The first-order chi connectivity index (χ1) is 17.9. The number of anilines is 2. The Morgan fingerprint density at radius 3 is 2.59 bits per heavy atom. The van der Waals surface area contributed by atoms with Crippen molar-refractivity contribution in [1.82, 2.24) is 9.36 Å². The van der Waals surface area contributed by atoms with Crippen molar-refractivity contribution in [3.8, 4) is 5.69 Å². The molecule has 2 atom stereocenters. The minimum absolute atomic E-state index is 0.0368. The molecule has 196 valence electrons. The maximum Gasteiger partial charge on any atom is 0.290 e. The van der Waals surface area contributed by atoms with E-state index in [1.807, 2.05) is 44.3 Å². The van der Waals surface area contributed by atoms with Crippen molar-refractivity contribution in [2.75, 3.05) is 37.5 Å². The van der Waals surface area contributed by atoms with E-state index in [-0.39, 0.29) is 37.7 Å². The molecule has 10 heteroatoms. The first kappa shape index (κ1) is 26.2. The molecule has 4 N–H and O–H groups in total. The SMILES string of the molecule is Cc1c([C@H]2C=C(C(=O)Nc3ccccc3N)O[C@@H](OCCOCCO)C2)c(=O)n(-c2ccccc2)n1C. The van der Waals surface area contributed by atoms with Crippen LogP contribution >= 0.6 is 0 Å². The van der Waals surface area contributed by atoms with E-state index in [0.29, 0.717) is 23.4 Å². The molecule has 0 radical (unpaired) electrons. The smallest absolute Gasteiger partial charge is 0.290 e. The van der Waals surface area contributed by atoms with Crippen LogP contribution in [0.5, 0.6) is 0 Å². The fourth-order valence-electron chi connectivity index (χ4n) is 4.34. The van der Waals surface area contributed by atoms with Crippen molar-refractivity contribution < 1.29 is 24.1 Å². The Labute approximate surface area is 214 Å². The predicted molar refractivity (Wildman–Crippen MR) is 139 cm³/mol. The van der Waals surface area contributed by atoms with Crippen LogP contribution in [0.1, 0.15) is 23.6 Å². The summed E-state index contributed by atoms with van der Waals surface area (Å²) in [6.45, 7) is 2.44. The van der Waals surface area contributed by atoms with Gasteiger partial charge in [0.1, 0.15) is 0 Å². The van der Waals surface area contributed by atoms with Gasteiger partial charge in [0, 0.05) is 30.6 Å². The van der Waals surface area contributed by atoms with Crippen LogP contribution in [0.2, 0.25) is 0 Å². The summed E-state index contributed by atoms with van der Waals surface area (Å²) < 4.78 is 20.4. The molecule has 3 aromatic rings. The summed E-state index contributed by atoms with van der Waals surface area (Å²) in [4.78, 5) is 26.8. The Bertz CT molecular complexity index is 1310. The molecule has 2 heterocycles. The number of hydrogen-bond donors (Lipinski definition) is 3. The standard InChI is InChI=1S/C27H32N4O6/c1-18-25(27(34)31(30(18)2)20-8-4-3-5-9-20)19-16-23(26(33)29-22-11-7-6-10-21(22)28)37-24(17-19)36-15-14-35-13-12-32/h3-11,16,19,24,32H,12-15,17,28H2,1-2H3,(H,29,33)/t19-,24+/m0/s1. The second-order valence-electron chi connectivity index (χ2n) is 8.64. The Morgan fingerprint density at radius 2 is 1.86 bits per heavy atom. The highest BCUT2D eigenvalue weighted by atomic mass is 16.7. The number of para-hydroxylation sites is 3. The van der Waals surface area contributed by atoms with Crippen molar-refractivity contribution in [3.63, 3.8) is 0 Å². The number of aliphatic hydroxyl groups excluding tert-OH is 1. The van der Waals surface area contributed by atoms with Gasteiger partial charge in [0.15, 0.2) is 5.76 Å². The minimum Gasteiger partial charge on any atom is -0.459 e. The van der Waals surface area contributed by atoms with Gasteiger partial charge in [-0.1, -0.05) is 30.3 Å². The lowest BCUT2D eigenvalue weighted by Crippen LogP contribution is -2.32. The second kappa shape index (κ2) is 11.9. The molecule has 0 saturated carbocycles. The van der Waals surface area contributed by atoms with Gasteiger partial charge >= 0.3 is 0 Å². The monoisotopic (exact) mass is 508 g/mol. The Morgan fingerprint density at radius 1 is 1.14 bits per heavy atom. The summed E-state index contributed by atoms with van der Waals surface area (Å²) in [5.74, 6) is -0.894. The number of allylic oxidation sites excluding steroid dienone is 1. The zero-order valence-electron chi connectivity index (χ0n) is 20.9. The van der Waals surface area contributed by atoms with E-state index in [9.17, 15) is 9.59 Å². The van der Waals surface area contributed by atoms with E-state index in [1.165, 1.54) is 0 Å². The quantitative estimate of drug-likeness (QED) is 0.283. The van der Waals surface area contributed by atoms with E-state index in [0.717, 1.165) is 11.4 Å². The van der Waals surface area contributed by atoms with E-state index in [4.69, 9.17) is 25.1 Å². The molecule has 1 aromatic heterocycles. The summed E-state index contributed by atoms with van der Waals surface area (Å²) >= 11 is 0. The molecule has 0 fully saturated rings. The van der Waals surface area contributed by atoms with Gasteiger partial charge in [-0.15, -0.1) is 0 Å². The Kier molecular flexibility index (Phi) is 8.44.